The Bertz CT molecular complexity index is 492. The van der Waals surface area contributed by atoms with Crippen LogP contribution in [0.2, 0.25) is 0 Å². The first kappa shape index (κ1) is 15.9. The van der Waals surface area contributed by atoms with E-state index in [0.29, 0.717) is 17.7 Å². The van der Waals surface area contributed by atoms with Crippen molar-refractivity contribution in [3.63, 3.8) is 0 Å². The third-order valence-corrected chi connectivity index (χ3v) is 2.61. The zero-order chi connectivity index (χ0) is 15.1. The molecule has 2 N–H and O–H groups in total. The van der Waals surface area contributed by atoms with Gasteiger partial charge in [-0.1, -0.05) is 13.8 Å². The molecular formula is C15H20N2O3. The number of amides is 2. The van der Waals surface area contributed by atoms with E-state index in [1.54, 1.807) is 24.3 Å². The Morgan fingerprint density at radius 3 is 2.15 bits per heavy atom. The van der Waals surface area contributed by atoms with Gasteiger partial charge < -0.3 is 10.6 Å². The van der Waals surface area contributed by atoms with Crippen molar-refractivity contribution in [3.05, 3.63) is 29.8 Å². The predicted octanol–water partition coefficient (Wildman–Crippen LogP) is 1.99. The third kappa shape index (κ3) is 5.65. The molecule has 0 radical (unpaired) electrons. The van der Waals surface area contributed by atoms with E-state index in [2.05, 4.69) is 10.6 Å². The molecule has 0 spiro atoms. The summed E-state index contributed by atoms with van der Waals surface area (Å²) >= 11 is 0. The van der Waals surface area contributed by atoms with Crippen molar-refractivity contribution in [3.8, 4) is 0 Å². The first-order valence-corrected chi connectivity index (χ1v) is 6.56. The highest BCUT2D eigenvalue weighted by atomic mass is 16.2. The largest absolute Gasteiger partial charge is 0.347 e. The number of anilines is 1. The van der Waals surface area contributed by atoms with Crippen LogP contribution in [0, 0.1) is 5.92 Å². The second kappa shape index (κ2) is 7.43. The summed E-state index contributed by atoms with van der Waals surface area (Å²) in [5.74, 6) is -0.194. The van der Waals surface area contributed by atoms with Crippen molar-refractivity contribution in [1.82, 2.24) is 5.32 Å². The van der Waals surface area contributed by atoms with E-state index >= 15 is 0 Å². The zero-order valence-electron chi connectivity index (χ0n) is 12.0. The average Bonchev–Trinajstić information content (AvgIpc) is 2.36. The third-order valence-electron chi connectivity index (χ3n) is 2.61. The van der Waals surface area contributed by atoms with Crippen LogP contribution in [0.1, 0.15) is 37.6 Å². The lowest BCUT2D eigenvalue weighted by Gasteiger charge is -2.08. The summed E-state index contributed by atoms with van der Waals surface area (Å²) in [6.07, 6.45) is 0.403. The number of nitrogens with one attached hydrogen (secondary N) is 2. The second-order valence-corrected chi connectivity index (χ2v) is 5.06. The van der Waals surface area contributed by atoms with E-state index in [0.717, 1.165) is 0 Å². The Kier molecular flexibility index (Phi) is 5.90. The van der Waals surface area contributed by atoms with Gasteiger partial charge in [-0.3, -0.25) is 14.4 Å². The SMILES string of the molecule is CC(=O)c1ccc(NC(=O)CNC(=O)CC(C)C)cc1. The number of benzene rings is 1. The minimum atomic E-state index is -0.294. The first-order chi connectivity index (χ1) is 9.38. The second-order valence-electron chi connectivity index (χ2n) is 5.06. The van der Waals surface area contributed by atoms with Crippen LogP contribution in [-0.2, 0) is 9.59 Å². The molecule has 0 aliphatic carbocycles. The minimum Gasteiger partial charge on any atom is -0.347 e. The highest BCUT2D eigenvalue weighted by molar-refractivity contribution is 5.96. The Morgan fingerprint density at radius 1 is 1.05 bits per heavy atom. The van der Waals surface area contributed by atoms with Crippen LogP contribution in [0.15, 0.2) is 24.3 Å². The van der Waals surface area contributed by atoms with Crippen LogP contribution in [0.25, 0.3) is 0 Å². The molecule has 108 valence electrons. The Hall–Kier alpha value is -2.17. The smallest absolute Gasteiger partial charge is 0.243 e. The molecule has 0 saturated heterocycles. The van der Waals surface area contributed by atoms with E-state index in [9.17, 15) is 14.4 Å². The fourth-order valence-corrected chi connectivity index (χ4v) is 1.62. The number of Topliss-reactive ketones (excluding diaryl/α,β-unsaturated/α-hetero) is 1. The number of carbonyl (C=O) groups is 3. The molecule has 0 aliphatic rings. The molecule has 0 atom stereocenters. The molecule has 5 nitrogen and oxygen atoms in total. The van der Waals surface area contributed by atoms with Gasteiger partial charge in [-0.25, -0.2) is 0 Å². The van der Waals surface area contributed by atoms with Gasteiger partial charge in [0.15, 0.2) is 5.78 Å². The highest BCUT2D eigenvalue weighted by Gasteiger charge is 2.08. The number of hydrogen-bond acceptors (Lipinski definition) is 3. The quantitative estimate of drug-likeness (QED) is 0.780. The van der Waals surface area contributed by atoms with Gasteiger partial charge in [-0.05, 0) is 37.1 Å². The Balaban J connectivity index is 2.42. The molecule has 0 unspecified atom stereocenters. The lowest BCUT2D eigenvalue weighted by Crippen LogP contribution is -2.33. The van der Waals surface area contributed by atoms with Crippen molar-refractivity contribution in [2.24, 2.45) is 5.92 Å². The molecule has 0 aromatic heterocycles. The number of hydrogen-bond donors (Lipinski definition) is 2. The standard InChI is InChI=1S/C15H20N2O3/c1-10(2)8-14(19)16-9-15(20)17-13-6-4-12(5-7-13)11(3)18/h4-7,10H,8-9H2,1-3H3,(H,16,19)(H,17,20). The minimum absolute atomic E-state index is 0.0242. The van der Waals surface area contributed by atoms with Crippen molar-refractivity contribution in [2.45, 2.75) is 27.2 Å². The summed E-state index contributed by atoms with van der Waals surface area (Å²) in [6.45, 7) is 5.31. The van der Waals surface area contributed by atoms with Gasteiger partial charge in [0.05, 0.1) is 6.54 Å². The van der Waals surface area contributed by atoms with Crippen molar-refractivity contribution < 1.29 is 14.4 Å². The lowest BCUT2D eigenvalue weighted by molar-refractivity contribution is -0.124. The molecule has 0 bridgehead atoms. The summed E-state index contributed by atoms with van der Waals surface area (Å²) in [7, 11) is 0. The summed E-state index contributed by atoms with van der Waals surface area (Å²) in [4.78, 5) is 34.1. The highest BCUT2D eigenvalue weighted by Crippen LogP contribution is 2.09. The molecule has 2 amide bonds. The molecular weight excluding hydrogens is 256 g/mol. The van der Waals surface area contributed by atoms with Crippen LogP contribution in [0.5, 0.6) is 0 Å². The molecule has 20 heavy (non-hydrogen) atoms. The molecule has 1 rings (SSSR count). The maximum atomic E-state index is 11.6. The zero-order valence-corrected chi connectivity index (χ0v) is 12.0. The van der Waals surface area contributed by atoms with Gasteiger partial charge >= 0.3 is 0 Å². The van der Waals surface area contributed by atoms with Gasteiger partial charge in [0.2, 0.25) is 11.8 Å². The van der Waals surface area contributed by atoms with Crippen LogP contribution < -0.4 is 10.6 Å². The summed E-state index contributed by atoms with van der Waals surface area (Å²) in [5.41, 5.74) is 1.19. The van der Waals surface area contributed by atoms with E-state index < -0.39 is 0 Å². The Labute approximate surface area is 118 Å². The van der Waals surface area contributed by atoms with Gasteiger partial charge in [-0.15, -0.1) is 0 Å². The topological polar surface area (TPSA) is 75.3 Å². The van der Waals surface area contributed by atoms with Crippen LogP contribution in [0.4, 0.5) is 5.69 Å². The maximum absolute atomic E-state index is 11.6. The Morgan fingerprint density at radius 2 is 1.65 bits per heavy atom. The van der Waals surface area contributed by atoms with E-state index in [4.69, 9.17) is 0 Å². The van der Waals surface area contributed by atoms with Crippen LogP contribution >= 0.6 is 0 Å². The molecule has 1 aromatic rings. The van der Waals surface area contributed by atoms with E-state index in [-0.39, 0.29) is 30.1 Å². The summed E-state index contributed by atoms with van der Waals surface area (Å²) in [5, 5.41) is 5.21. The number of rotatable bonds is 6. The fourth-order valence-electron chi connectivity index (χ4n) is 1.62. The van der Waals surface area contributed by atoms with Crippen molar-refractivity contribution in [2.75, 3.05) is 11.9 Å². The lowest BCUT2D eigenvalue weighted by atomic mass is 10.1. The number of ketones is 1. The predicted molar refractivity (Wildman–Crippen MR) is 77.5 cm³/mol. The average molecular weight is 276 g/mol. The van der Waals surface area contributed by atoms with E-state index in [1.165, 1.54) is 6.92 Å². The number of carbonyl (C=O) groups excluding carboxylic acids is 3. The normalized spacial score (nSPS) is 10.2. The van der Waals surface area contributed by atoms with Crippen molar-refractivity contribution >= 4 is 23.3 Å². The molecule has 0 heterocycles. The van der Waals surface area contributed by atoms with Gasteiger partial charge in [0.1, 0.15) is 0 Å². The fraction of sp³-hybridized carbons (Fsp3) is 0.400. The first-order valence-electron chi connectivity index (χ1n) is 6.56. The summed E-state index contributed by atoms with van der Waals surface area (Å²) < 4.78 is 0. The molecule has 0 aliphatic heterocycles. The van der Waals surface area contributed by atoms with E-state index in [1.807, 2.05) is 13.8 Å². The van der Waals surface area contributed by atoms with Gasteiger partial charge in [0.25, 0.3) is 0 Å². The molecule has 0 fully saturated rings. The summed E-state index contributed by atoms with van der Waals surface area (Å²) in [6, 6.07) is 6.61. The van der Waals surface area contributed by atoms with Crippen LogP contribution in [-0.4, -0.2) is 24.1 Å². The molecule has 0 saturated carbocycles. The van der Waals surface area contributed by atoms with Crippen molar-refractivity contribution in [1.29, 1.82) is 0 Å². The van der Waals surface area contributed by atoms with Gasteiger partial charge in [0, 0.05) is 17.7 Å². The van der Waals surface area contributed by atoms with Crippen LogP contribution in [0.3, 0.4) is 0 Å². The molecule has 1 aromatic carbocycles. The molecule has 5 heteroatoms. The monoisotopic (exact) mass is 276 g/mol. The van der Waals surface area contributed by atoms with Gasteiger partial charge in [-0.2, -0.15) is 0 Å². The maximum Gasteiger partial charge on any atom is 0.243 e.